The van der Waals surface area contributed by atoms with Crippen molar-refractivity contribution in [1.82, 2.24) is 0 Å². The van der Waals surface area contributed by atoms with Crippen LogP contribution in [0.25, 0.3) is 0 Å². The summed E-state index contributed by atoms with van der Waals surface area (Å²) in [4.78, 5) is 20.9. The number of nitrogens with two attached hydrogens (primary N) is 1. The van der Waals surface area contributed by atoms with Gasteiger partial charge in [0.05, 0.1) is 4.92 Å². The summed E-state index contributed by atoms with van der Waals surface area (Å²) in [5.41, 5.74) is 3.88. The number of benzene rings is 1. The molecular weight excluding hydrogens is 315 g/mol. The van der Waals surface area contributed by atoms with E-state index in [1.165, 1.54) is 19.1 Å². The van der Waals surface area contributed by atoms with Crippen LogP contribution in [0.15, 0.2) is 22.7 Å². The Morgan fingerprint density at radius 3 is 2.47 bits per heavy atom. The highest BCUT2D eigenvalue weighted by Gasteiger charge is 2.31. The number of rotatable bonds is 3. The van der Waals surface area contributed by atoms with Gasteiger partial charge in [-0.15, -0.1) is 12.4 Å². The summed E-state index contributed by atoms with van der Waals surface area (Å²) in [5, 5.41) is 19.5. The van der Waals surface area contributed by atoms with Crippen LogP contribution in [0.2, 0.25) is 0 Å². The molecule has 94 valence electrons. The molecule has 0 fully saturated rings. The van der Waals surface area contributed by atoms with E-state index >= 15 is 0 Å². The van der Waals surface area contributed by atoms with Gasteiger partial charge in [-0.25, -0.2) is 4.79 Å². The van der Waals surface area contributed by atoms with Crippen molar-refractivity contribution in [2.75, 3.05) is 0 Å². The second kappa shape index (κ2) is 5.44. The molecule has 0 radical (unpaired) electrons. The van der Waals surface area contributed by atoms with Crippen LogP contribution in [0.3, 0.4) is 0 Å². The van der Waals surface area contributed by atoms with E-state index in [0.29, 0.717) is 4.47 Å². The summed E-state index contributed by atoms with van der Waals surface area (Å²) >= 11 is 3.07. The van der Waals surface area contributed by atoms with Crippen molar-refractivity contribution >= 4 is 40.0 Å². The number of hydrogen-bond acceptors (Lipinski definition) is 4. The third-order valence-corrected chi connectivity index (χ3v) is 2.60. The molecule has 1 atom stereocenters. The molecular formula is C9H10BrClN2O4. The molecule has 0 saturated carbocycles. The average Bonchev–Trinajstić information content (AvgIpc) is 2.16. The Morgan fingerprint density at radius 2 is 2.06 bits per heavy atom. The van der Waals surface area contributed by atoms with Gasteiger partial charge in [-0.3, -0.25) is 10.1 Å². The Balaban J connectivity index is 0.00000256. The van der Waals surface area contributed by atoms with E-state index in [1.54, 1.807) is 0 Å². The molecule has 0 aliphatic heterocycles. The maximum atomic E-state index is 10.9. The lowest BCUT2D eigenvalue weighted by atomic mass is 9.93. The van der Waals surface area contributed by atoms with Crippen LogP contribution in [0.4, 0.5) is 5.69 Å². The number of carbonyl (C=O) groups is 1. The van der Waals surface area contributed by atoms with Crippen LogP contribution >= 0.6 is 28.3 Å². The Kier molecular flexibility index (Phi) is 5.06. The zero-order valence-electron chi connectivity index (χ0n) is 8.71. The number of hydrogen-bond donors (Lipinski definition) is 2. The van der Waals surface area contributed by atoms with E-state index in [9.17, 15) is 14.9 Å². The third-order valence-electron chi connectivity index (χ3n) is 2.14. The first-order valence-corrected chi connectivity index (χ1v) is 5.02. The lowest BCUT2D eigenvalue weighted by molar-refractivity contribution is -0.385. The van der Waals surface area contributed by atoms with E-state index in [0.717, 1.165) is 6.07 Å². The maximum absolute atomic E-state index is 10.9. The molecule has 3 N–H and O–H groups in total. The van der Waals surface area contributed by atoms with Crippen molar-refractivity contribution in [2.24, 2.45) is 5.73 Å². The smallest absolute Gasteiger partial charge is 0.328 e. The van der Waals surface area contributed by atoms with Gasteiger partial charge in [0, 0.05) is 16.6 Å². The van der Waals surface area contributed by atoms with Crippen molar-refractivity contribution in [3.63, 3.8) is 0 Å². The van der Waals surface area contributed by atoms with Gasteiger partial charge in [0.2, 0.25) is 0 Å². The van der Waals surface area contributed by atoms with Gasteiger partial charge in [0.15, 0.2) is 0 Å². The number of non-ortho nitro benzene ring substituents is 1. The highest BCUT2D eigenvalue weighted by molar-refractivity contribution is 9.10. The molecule has 6 nitrogen and oxygen atoms in total. The molecule has 8 heteroatoms. The first-order chi connectivity index (χ1) is 7.25. The molecule has 1 aromatic rings. The quantitative estimate of drug-likeness (QED) is 0.653. The predicted molar refractivity (Wildman–Crippen MR) is 67.2 cm³/mol. The number of aliphatic carboxylic acids is 1. The Bertz CT molecular complexity index is 464. The molecule has 1 rings (SSSR count). The van der Waals surface area contributed by atoms with E-state index in [2.05, 4.69) is 15.9 Å². The van der Waals surface area contributed by atoms with E-state index in [-0.39, 0.29) is 23.7 Å². The highest BCUT2D eigenvalue weighted by atomic mass is 79.9. The van der Waals surface area contributed by atoms with Crippen molar-refractivity contribution in [3.05, 3.63) is 38.3 Å². The lowest BCUT2D eigenvalue weighted by Crippen LogP contribution is -2.41. The first kappa shape index (κ1) is 15.8. The standard InChI is InChI=1S/C9H9BrN2O4.ClH/c1-9(11,8(13)14)5-2-6(10)4-7(3-5)12(15)16;/h2-4H,11H2,1H3,(H,13,14);1H/t9-;/m1./s1. The van der Waals surface area contributed by atoms with Gasteiger partial charge in [0.1, 0.15) is 5.54 Å². The van der Waals surface area contributed by atoms with E-state index < -0.39 is 16.4 Å². The number of nitro groups is 1. The largest absolute Gasteiger partial charge is 0.480 e. The zero-order chi connectivity index (χ0) is 12.5. The second-order valence-electron chi connectivity index (χ2n) is 3.46. The fraction of sp³-hybridized carbons (Fsp3) is 0.222. The van der Waals surface area contributed by atoms with Crippen molar-refractivity contribution in [2.45, 2.75) is 12.5 Å². The number of nitrogens with zero attached hydrogens (tertiary/aromatic N) is 1. The highest BCUT2D eigenvalue weighted by Crippen LogP contribution is 2.27. The lowest BCUT2D eigenvalue weighted by Gasteiger charge is -2.19. The summed E-state index contributed by atoms with van der Waals surface area (Å²) in [6.45, 7) is 1.28. The van der Waals surface area contributed by atoms with Crippen LogP contribution in [0.5, 0.6) is 0 Å². The predicted octanol–water partition coefficient (Wildman–Crippen LogP) is 2.04. The van der Waals surface area contributed by atoms with Crippen LogP contribution in [-0.2, 0) is 10.3 Å². The topological polar surface area (TPSA) is 106 Å². The molecule has 0 aliphatic carbocycles. The zero-order valence-corrected chi connectivity index (χ0v) is 11.1. The molecule has 0 amide bonds. The van der Waals surface area contributed by atoms with E-state index in [1.807, 2.05) is 0 Å². The fourth-order valence-electron chi connectivity index (χ4n) is 1.10. The average molecular weight is 326 g/mol. The molecule has 0 saturated heterocycles. The molecule has 0 aliphatic rings. The van der Waals surface area contributed by atoms with Gasteiger partial charge in [0.25, 0.3) is 5.69 Å². The van der Waals surface area contributed by atoms with Crippen LogP contribution in [0.1, 0.15) is 12.5 Å². The second-order valence-corrected chi connectivity index (χ2v) is 4.38. The Morgan fingerprint density at radius 1 is 1.53 bits per heavy atom. The van der Waals surface area contributed by atoms with Gasteiger partial charge < -0.3 is 10.8 Å². The van der Waals surface area contributed by atoms with Gasteiger partial charge in [-0.2, -0.15) is 0 Å². The monoisotopic (exact) mass is 324 g/mol. The number of carboxylic acid groups (broad SMARTS) is 1. The van der Waals surface area contributed by atoms with Crippen molar-refractivity contribution < 1.29 is 14.8 Å². The summed E-state index contributed by atoms with van der Waals surface area (Å²) in [6, 6.07) is 3.88. The molecule has 0 unspecified atom stereocenters. The maximum Gasteiger partial charge on any atom is 0.328 e. The molecule has 0 bridgehead atoms. The summed E-state index contributed by atoms with van der Waals surface area (Å²) in [6.07, 6.45) is 0. The number of carboxylic acids is 1. The number of halogens is 2. The van der Waals surface area contributed by atoms with Gasteiger partial charge in [-0.05, 0) is 18.6 Å². The molecule has 1 aromatic carbocycles. The summed E-state index contributed by atoms with van der Waals surface area (Å²) < 4.78 is 0.412. The van der Waals surface area contributed by atoms with Crippen molar-refractivity contribution in [1.29, 1.82) is 0 Å². The summed E-state index contributed by atoms with van der Waals surface area (Å²) in [7, 11) is 0. The minimum atomic E-state index is -1.66. The van der Waals surface area contributed by atoms with Gasteiger partial charge >= 0.3 is 5.97 Å². The van der Waals surface area contributed by atoms with Crippen LogP contribution < -0.4 is 5.73 Å². The van der Waals surface area contributed by atoms with Crippen LogP contribution in [0, 0.1) is 10.1 Å². The third kappa shape index (κ3) is 3.39. The minimum Gasteiger partial charge on any atom is -0.480 e. The van der Waals surface area contributed by atoms with Crippen LogP contribution in [-0.4, -0.2) is 16.0 Å². The number of nitro benzene ring substituents is 1. The first-order valence-electron chi connectivity index (χ1n) is 4.23. The SMILES string of the molecule is C[C@](N)(C(=O)O)c1cc(Br)cc([N+](=O)[O-])c1.Cl. The molecule has 17 heavy (non-hydrogen) atoms. The minimum absolute atomic E-state index is 0. The molecule has 0 heterocycles. The van der Waals surface area contributed by atoms with E-state index in [4.69, 9.17) is 10.8 Å². The summed E-state index contributed by atoms with van der Waals surface area (Å²) in [5.74, 6) is -1.25. The molecule has 0 aromatic heterocycles. The van der Waals surface area contributed by atoms with Crippen molar-refractivity contribution in [3.8, 4) is 0 Å². The fourth-order valence-corrected chi connectivity index (χ4v) is 1.58. The Hall–Kier alpha value is -1.18. The van der Waals surface area contributed by atoms with Gasteiger partial charge in [-0.1, -0.05) is 15.9 Å². The molecule has 0 spiro atoms. The normalized spacial score (nSPS) is 13.4. The Labute approximate surface area is 111 Å².